The Morgan fingerprint density at radius 3 is 2.57 bits per heavy atom. The van der Waals surface area contributed by atoms with E-state index in [4.69, 9.17) is 5.73 Å². The van der Waals surface area contributed by atoms with Crippen molar-refractivity contribution in [3.63, 3.8) is 0 Å². The molecule has 0 saturated carbocycles. The van der Waals surface area contributed by atoms with Crippen LogP contribution < -0.4 is 11.1 Å². The average Bonchev–Trinajstić information content (AvgIpc) is 2.80. The highest BCUT2D eigenvalue weighted by Gasteiger charge is 2.24. The monoisotopic (exact) mass is 296 g/mol. The second-order valence-corrected chi connectivity index (χ2v) is 5.72. The molecule has 1 heterocycles. The van der Waals surface area contributed by atoms with E-state index in [1.807, 2.05) is 0 Å². The maximum atomic E-state index is 12.0. The summed E-state index contributed by atoms with van der Waals surface area (Å²) in [4.78, 5) is 23.3. The van der Waals surface area contributed by atoms with Gasteiger partial charge in [-0.15, -0.1) is 0 Å². The number of rotatable bonds is 8. The van der Waals surface area contributed by atoms with Crippen molar-refractivity contribution in [2.45, 2.75) is 32.7 Å². The zero-order valence-electron chi connectivity index (χ0n) is 12.7. The molecule has 0 aliphatic carbocycles. The summed E-state index contributed by atoms with van der Waals surface area (Å²) in [7, 11) is 1.69. The molecule has 0 radical (unpaired) electrons. The molecule has 0 aliphatic rings. The predicted molar refractivity (Wildman–Crippen MR) is 78.3 cm³/mol. The Balaban J connectivity index is 2.67. The first-order valence-corrected chi connectivity index (χ1v) is 7.04. The number of carboxylic acids is 1. The highest BCUT2D eigenvalue weighted by atomic mass is 16.4. The molecule has 7 nitrogen and oxygen atoms in total. The van der Waals surface area contributed by atoms with Crippen molar-refractivity contribution in [2.24, 2.45) is 24.6 Å². The van der Waals surface area contributed by atoms with E-state index in [1.54, 1.807) is 13.2 Å². The smallest absolute Gasteiger partial charge is 0.331 e. The molecule has 1 aromatic rings. The SMILES string of the molecule is CC(C)C[C@H](CN)CC(=O)NC(C(=O)O)c1cnn(C)c1. The Morgan fingerprint density at radius 1 is 1.48 bits per heavy atom. The van der Waals surface area contributed by atoms with Crippen molar-refractivity contribution < 1.29 is 14.7 Å². The summed E-state index contributed by atoms with van der Waals surface area (Å²) in [6.45, 7) is 4.54. The minimum Gasteiger partial charge on any atom is -0.479 e. The van der Waals surface area contributed by atoms with E-state index in [-0.39, 0.29) is 18.2 Å². The lowest BCUT2D eigenvalue weighted by Gasteiger charge is -2.18. The van der Waals surface area contributed by atoms with Gasteiger partial charge in [-0.2, -0.15) is 5.10 Å². The maximum Gasteiger partial charge on any atom is 0.331 e. The summed E-state index contributed by atoms with van der Waals surface area (Å²) >= 11 is 0. The molecule has 4 N–H and O–H groups in total. The van der Waals surface area contributed by atoms with Crippen LogP contribution in [0.3, 0.4) is 0 Å². The molecule has 0 spiro atoms. The minimum atomic E-state index is -1.11. The lowest BCUT2D eigenvalue weighted by molar-refractivity contribution is -0.142. The molecule has 1 amide bonds. The molecule has 0 saturated heterocycles. The molecule has 118 valence electrons. The van der Waals surface area contributed by atoms with Crippen LogP contribution in [0.2, 0.25) is 0 Å². The van der Waals surface area contributed by atoms with Crippen molar-refractivity contribution in [1.82, 2.24) is 15.1 Å². The molecule has 2 atom stereocenters. The van der Waals surface area contributed by atoms with Crippen LogP contribution in [0.1, 0.15) is 38.3 Å². The van der Waals surface area contributed by atoms with Gasteiger partial charge in [0.25, 0.3) is 0 Å². The van der Waals surface area contributed by atoms with Crippen LogP contribution in [0.15, 0.2) is 12.4 Å². The molecule has 1 aromatic heterocycles. The van der Waals surface area contributed by atoms with Crippen molar-refractivity contribution in [3.8, 4) is 0 Å². The largest absolute Gasteiger partial charge is 0.479 e. The highest BCUT2D eigenvalue weighted by molar-refractivity contribution is 5.84. The fraction of sp³-hybridized carbons (Fsp3) is 0.643. The van der Waals surface area contributed by atoms with Gasteiger partial charge in [-0.3, -0.25) is 9.48 Å². The van der Waals surface area contributed by atoms with Crippen molar-refractivity contribution in [3.05, 3.63) is 18.0 Å². The van der Waals surface area contributed by atoms with E-state index in [9.17, 15) is 14.7 Å². The molecular weight excluding hydrogens is 272 g/mol. The van der Waals surface area contributed by atoms with Crippen LogP contribution in [-0.4, -0.2) is 33.3 Å². The van der Waals surface area contributed by atoms with Gasteiger partial charge in [0, 0.05) is 25.2 Å². The molecule has 1 rings (SSSR count). The van der Waals surface area contributed by atoms with Crippen LogP contribution in [0.25, 0.3) is 0 Å². The first-order chi connectivity index (χ1) is 9.83. The fourth-order valence-electron chi connectivity index (χ4n) is 2.29. The van der Waals surface area contributed by atoms with E-state index in [0.29, 0.717) is 18.0 Å². The maximum absolute atomic E-state index is 12.0. The topological polar surface area (TPSA) is 110 Å². The van der Waals surface area contributed by atoms with Crippen molar-refractivity contribution >= 4 is 11.9 Å². The summed E-state index contributed by atoms with van der Waals surface area (Å²) < 4.78 is 1.50. The number of nitrogens with one attached hydrogen (secondary N) is 1. The molecule has 1 unspecified atom stereocenters. The van der Waals surface area contributed by atoms with Gasteiger partial charge < -0.3 is 16.2 Å². The van der Waals surface area contributed by atoms with Gasteiger partial charge >= 0.3 is 5.97 Å². The Hall–Kier alpha value is -1.89. The zero-order chi connectivity index (χ0) is 16.0. The van der Waals surface area contributed by atoms with Gasteiger partial charge in [-0.1, -0.05) is 13.8 Å². The van der Waals surface area contributed by atoms with Gasteiger partial charge in [0.2, 0.25) is 5.91 Å². The van der Waals surface area contributed by atoms with Crippen LogP contribution in [-0.2, 0) is 16.6 Å². The molecular formula is C14H24N4O3. The molecule has 0 bridgehead atoms. The van der Waals surface area contributed by atoms with Crippen molar-refractivity contribution in [1.29, 1.82) is 0 Å². The predicted octanol–water partition coefficient (Wildman–Crippen LogP) is 0.673. The Bertz CT molecular complexity index is 484. The number of aryl methyl sites for hydroxylation is 1. The van der Waals surface area contributed by atoms with Crippen LogP contribution in [0, 0.1) is 11.8 Å². The molecule has 0 fully saturated rings. The third-order valence-electron chi connectivity index (χ3n) is 3.22. The number of nitrogens with two attached hydrogens (primary N) is 1. The molecule has 0 aromatic carbocycles. The van der Waals surface area contributed by atoms with Gasteiger partial charge in [0.1, 0.15) is 0 Å². The van der Waals surface area contributed by atoms with E-state index in [0.717, 1.165) is 6.42 Å². The third kappa shape index (κ3) is 5.55. The van der Waals surface area contributed by atoms with Crippen molar-refractivity contribution in [2.75, 3.05) is 6.54 Å². The first-order valence-electron chi connectivity index (χ1n) is 7.04. The summed E-state index contributed by atoms with van der Waals surface area (Å²) in [5, 5.41) is 15.7. The van der Waals surface area contributed by atoms with Crippen LogP contribution in [0.4, 0.5) is 0 Å². The van der Waals surface area contributed by atoms with Crippen LogP contribution in [0.5, 0.6) is 0 Å². The summed E-state index contributed by atoms with van der Waals surface area (Å²) in [5.41, 5.74) is 6.12. The second-order valence-electron chi connectivity index (χ2n) is 5.72. The number of nitrogens with zero attached hydrogens (tertiary/aromatic N) is 2. The lowest BCUT2D eigenvalue weighted by atomic mass is 9.94. The van der Waals surface area contributed by atoms with Crippen LogP contribution >= 0.6 is 0 Å². The highest BCUT2D eigenvalue weighted by Crippen LogP contribution is 2.16. The zero-order valence-corrected chi connectivity index (χ0v) is 12.7. The van der Waals surface area contributed by atoms with E-state index in [1.165, 1.54) is 10.9 Å². The van der Waals surface area contributed by atoms with Gasteiger partial charge in [0.05, 0.1) is 6.20 Å². The molecule has 0 aliphatic heterocycles. The number of carbonyl (C=O) groups is 2. The number of aliphatic carboxylic acids is 1. The number of aromatic nitrogens is 2. The Labute approximate surface area is 124 Å². The summed E-state index contributed by atoms with van der Waals surface area (Å²) in [5.74, 6) is -0.903. The normalized spacial score (nSPS) is 14.0. The minimum absolute atomic E-state index is 0.0633. The number of carboxylic acid groups (broad SMARTS) is 1. The second kappa shape index (κ2) is 7.78. The Kier molecular flexibility index (Phi) is 6.36. The standard InChI is InChI=1S/C14H24N4O3/c1-9(2)4-10(6-15)5-12(19)17-13(14(20)21)11-7-16-18(3)8-11/h7-10,13H,4-6,15H2,1-3H3,(H,17,19)(H,20,21)/t10-,13?/m0/s1. The van der Waals surface area contributed by atoms with E-state index < -0.39 is 12.0 Å². The van der Waals surface area contributed by atoms with Gasteiger partial charge in [-0.05, 0) is 24.8 Å². The number of hydrogen-bond acceptors (Lipinski definition) is 4. The van der Waals surface area contributed by atoms with E-state index in [2.05, 4.69) is 24.3 Å². The lowest BCUT2D eigenvalue weighted by Crippen LogP contribution is -2.35. The summed E-state index contributed by atoms with van der Waals surface area (Å²) in [6.07, 6.45) is 4.09. The van der Waals surface area contributed by atoms with Gasteiger partial charge in [-0.25, -0.2) is 4.79 Å². The number of amides is 1. The summed E-state index contributed by atoms with van der Waals surface area (Å²) in [6, 6.07) is -1.08. The first kappa shape index (κ1) is 17.2. The third-order valence-corrected chi connectivity index (χ3v) is 3.22. The fourth-order valence-corrected chi connectivity index (χ4v) is 2.29. The average molecular weight is 296 g/mol. The number of hydrogen-bond donors (Lipinski definition) is 3. The molecule has 21 heavy (non-hydrogen) atoms. The Morgan fingerprint density at radius 2 is 2.14 bits per heavy atom. The van der Waals surface area contributed by atoms with E-state index >= 15 is 0 Å². The van der Waals surface area contributed by atoms with Gasteiger partial charge in [0.15, 0.2) is 6.04 Å². The number of carbonyl (C=O) groups excluding carboxylic acids is 1. The molecule has 7 heteroatoms. The quantitative estimate of drug-likeness (QED) is 0.653.